The summed E-state index contributed by atoms with van der Waals surface area (Å²) in [4.78, 5) is 19.4. The number of benzene rings is 3. The van der Waals surface area contributed by atoms with E-state index in [1.54, 1.807) is 42.5 Å². The maximum Gasteiger partial charge on any atom is 0.337 e. The number of carbonyl (C=O) groups is 1. The minimum Gasteiger partial charge on any atom is -0.494 e. The summed E-state index contributed by atoms with van der Waals surface area (Å²) >= 11 is 0. The molecule has 4 rings (SSSR count). The zero-order valence-electron chi connectivity index (χ0n) is 17.9. The molecule has 9 heteroatoms. The van der Waals surface area contributed by atoms with Gasteiger partial charge in [0.1, 0.15) is 0 Å². The minimum absolute atomic E-state index is 0.102. The van der Waals surface area contributed by atoms with E-state index in [1.807, 2.05) is 30.3 Å². The Morgan fingerprint density at radius 3 is 2.33 bits per heavy atom. The lowest BCUT2D eigenvalue weighted by Crippen LogP contribution is -2.09. The van der Waals surface area contributed by atoms with Crippen LogP contribution in [-0.4, -0.2) is 43.6 Å². The van der Waals surface area contributed by atoms with Gasteiger partial charge in [-0.15, -0.1) is 0 Å². The molecule has 0 fully saturated rings. The van der Waals surface area contributed by atoms with Gasteiger partial charge >= 0.3 is 5.97 Å². The van der Waals surface area contributed by atoms with Crippen LogP contribution in [0.4, 0.5) is 11.4 Å². The highest BCUT2D eigenvalue weighted by molar-refractivity contribution is 7.92. The number of aromatic amines is 1. The summed E-state index contributed by atoms with van der Waals surface area (Å²) in [7, 11) is -2.16. The molecule has 0 radical (unpaired) electrons. The Labute approximate surface area is 190 Å². The van der Waals surface area contributed by atoms with E-state index in [1.165, 1.54) is 7.11 Å². The highest BCUT2D eigenvalue weighted by Crippen LogP contribution is 2.33. The molecular weight excluding hydrogens is 442 g/mol. The molecular formula is C24H21N3O5S. The predicted molar refractivity (Wildman–Crippen MR) is 128 cm³/mol. The standard InChI is InChI=1S/C24H21N3O5S/c1-32-24(29)16-8-10-17(11-9-16)25-22(15-6-4-3-5-7-15)21-19-14-18(27-33(2,30)31)12-13-20(19)26-23(21)28/h3-14,26-28H,1-2H3. The molecule has 0 unspecified atom stereocenters. The van der Waals surface area contributed by atoms with Crippen LogP contribution in [0.1, 0.15) is 21.5 Å². The molecule has 0 bridgehead atoms. The first-order chi connectivity index (χ1) is 15.7. The average molecular weight is 464 g/mol. The van der Waals surface area contributed by atoms with E-state index < -0.39 is 16.0 Å². The minimum atomic E-state index is -3.48. The van der Waals surface area contributed by atoms with E-state index in [-0.39, 0.29) is 5.88 Å². The Bertz CT molecular complexity index is 1460. The number of H-pyrrole nitrogens is 1. The topological polar surface area (TPSA) is 121 Å². The number of methoxy groups -OCH3 is 1. The maximum absolute atomic E-state index is 11.7. The number of ether oxygens (including phenoxy) is 1. The lowest BCUT2D eigenvalue weighted by atomic mass is 10.0. The van der Waals surface area contributed by atoms with Crippen LogP contribution in [0.15, 0.2) is 77.8 Å². The summed E-state index contributed by atoms with van der Waals surface area (Å²) in [5, 5.41) is 11.4. The molecule has 0 saturated heterocycles. The van der Waals surface area contributed by atoms with Gasteiger partial charge in [0, 0.05) is 22.2 Å². The Kier molecular flexibility index (Phi) is 5.89. The fourth-order valence-electron chi connectivity index (χ4n) is 3.47. The van der Waals surface area contributed by atoms with Crippen molar-refractivity contribution in [2.45, 2.75) is 0 Å². The molecule has 3 N–H and O–H groups in total. The second kappa shape index (κ2) is 8.79. The summed E-state index contributed by atoms with van der Waals surface area (Å²) in [5.41, 5.74) is 3.57. The third-order valence-electron chi connectivity index (χ3n) is 4.90. The van der Waals surface area contributed by atoms with Crippen molar-refractivity contribution in [3.8, 4) is 5.88 Å². The van der Waals surface area contributed by atoms with Crippen LogP contribution in [-0.2, 0) is 14.8 Å². The number of fused-ring (bicyclic) bond motifs is 1. The van der Waals surface area contributed by atoms with Gasteiger partial charge in [0.05, 0.1) is 35.9 Å². The molecule has 0 atom stereocenters. The first-order valence-corrected chi connectivity index (χ1v) is 11.8. The number of nitrogens with zero attached hydrogens (tertiary/aromatic N) is 1. The van der Waals surface area contributed by atoms with Gasteiger partial charge < -0.3 is 14.8 Å². The number of carbonyl (C=O) groups excluding carboxylic acids is 1. The van der Waals surface area contributed by atoms with Crippen molar-refractivity contribution in [3.05, 3.63) is 89.5 Å². The molecule has 1 aromatic heterocycles. The van der Waals surface area contributed by atoms with Crippen LogP contribution in [0.2, 0.25) is 0 Å². The molecule has 8 nitrogen and oxygen atoms in total. The fourth-order valence-corrected chi connectivity index (χ4v) is 4.03. The van der Waals surface area contributed by atoms with Crippen LogP contribution in [0.5, 0.6) is 5.88 Å². The highest BCUT2D eigenvalue weighted by Gasteiger charge is 2.19. The van der Waals surface area contributed by atoms with Crippen molar-refractivity contribution in [2.75, 3.05) is 18.1 Å². The first-order valence-electron chi connectivity index (χ1n) is 9.90. The molecule has 33 heavy (non-hydrogen) atoms. The van der Waals surface area contributed by atoms with Crippen LogP contribution >= 0.6 is 0 Å². The summed E-state index contributed by atoms with van der Waals surface area (Å²) in [6, 6.07) is 20.8. The van der Waals surface area contributed by atoms with E-state index >= 15 is 0 Å². The number of sulfonamides is 1. The van der Waals surface area contributed by atoms with E-state index in [9.17, 15) is 18.3 Å². The SMILES string of the molecule is COC(=O)c1ccc(N=C(c2ccccc2)c2c(O)[nH]c3ccc(NS(C)(=O)=O)cc23)cc1. The summed E-state index contributed by atoms with van der Waals surface area (Å²) < 4.78 is 30.6. The normalized spacial score (nSPS) is 12.0. The smallest absolute Gasteiger partial charge is 0.337 e. The predicted octanol–water partition coefficient (Wildman–Crippen LogP) is 4.20. The van der Waals surface area contributed by atoms with Crippen molar-refractivity contribution < 1.29 is 23.1 Å². The Hall–Kier alpha value is -4.11. The van der Waals surface area contributed by atoms with Gasteiger partial charge in [-0.2, -0.15) is 0 Å². The number of esters is 1. The van der Waals surface area contributed by atoms with Gasteiger partial charge in [-0.1, -0.05) is 30.3 Å². The summed E-state index contributed by atoms with van der Waals surface area (Å²) in [6.45, 7) is 0. The second-order valence-corrected chi connectivity index (χ2v) is 9.10. The second-order valence-electron chi connectivity index (χ2n) is 7.35. The number of hydrogen-bond acceptors (Lipinski definition) is 6. The van der Waals surface area contributed by atoms with Crippen molar-refractivity contribution in [2.24, 2.45) is 4.99 Å². The van der Waals surface area contributed by atoms with E-state index in [0.717, 1.165) is 11.8 Å². The molecule has 0 saturated carbocycles. The van der Waals surface area contributed by atoms with Gasteiger partial charge in [0.15, 0.2) is 5.88 Å². The van der Waals surface area contributed by atoms with Gasteiger partial charge in [-0.05, 0) is 42.5 Å². The van der Waals surface area contributed by atoms with Gasteiger partial charge in [0.2, 0.25) is 10.0 Å². The zero-order chi connectivity index (χ0) is 23.6. The Morgan fingerprint density at radius 2 is 1.70 bits per heavy atom. The molecule has 4 aromatic rings. The molecule has 3 aromatic carbocycles. The van der Waals surface area contributed by atoms with Crippen LogP contribution in [0.25, 0.3) is 10.9 Å². The molecule has 168 valence electrons. The molecule has 0 aliphatic heterocycles. The van der Waals surface area contributed by atoms with Gasteiger partial charge in [0.25, 0.3) is 0 Å². The first kappa shape index (κ1) is 22.1. The third-order valence-corrected chi connectivity index (χ3v) is 5.50. The molecule has 0 amide bonds. The number of aromatic nitrogens is 1. The zero-order valence-corrected chi connectivity index (χ0v) is 18.7. The summed E-state index contributed by atoms with van der Waals surface area (Å²) in [6.07, 6.45) is 1.07. The van der Waals surface area contributed by atoms with Crippen molar-refractivity contribution in [1.82, 2.24) is 4.98 Å². The summed E-state index contributed by atoms with van der Waals surface area (Å²) in [5.74, 6) is -0.552. The molecule has 0 aliphatic carbocycles. The molecule has 0 aliphatic rings. The number of aromatic hydroxyl groups is 1. The molecule has 0 spiro atoms. The maximum atomic E-state index is 11.7. The molecule has 1 heterocycles. The van der Waals surface area contributed by atoms with E-state index in [0.29, 0.717) is 39.1 Å². The quantitative estimate of drug-likeness (QED) is 0.292. The Morgan fingerprint density at radius 1 is 1.00 bits per heavy atom. The highest BCUT2D eigenvalue weighted by atomic mass is 32.2. The van der Waals surface area contributed by atoms with Crippen molar-refractivity contribution in [1.29, 1.82) is 0 Å². The largest absolute Gasteiger partial charge is 0.494 e. The number of rotatable bonds is 6. The van der Waals surface area contributed by atoms with Gasteiger partial charge in [-0.25, -0.2) is 18.2 Å². The van der Waals surface area contributed by atoms with E-state index in [4.69, 9.17) is 9.73 Å². The third kappa shape index (κ3) is 4.88. The van der Waals surface area contributed by atoms with E-state index in [2.05, 4.69) is 9.71 Å². The van der Waals surface area contributed by atoms with Crippen molar-refractivity contribution in [3.63, 3.8) is 0 Å². The van der Waals surface area contributed by atoms with Crippen LogP contribution in [0, 0.1) is 0 Å². The lowest BCUT2D eigenvalue weighted by molar-refractivity contribution is 0.0600. The van der Waals surface area contributed by atoms with Crippen LogP contribution < -0.4 is 4.72 Å². The number of nitrogens with one attached hydrogen (secondary N) is 2. The Balaban J connectivity index is 1.90. The number of hydrogen-bond donors (Lipinski definition) is 3. The monoisotopic (exact) mass is 463 g/mol. The van der Waals surface area contributed by atoms with Gasteiger partial charge in [-0.3, -0.25) is 4.72 Å². The lowest BCUT2D eigenvalue weighted by Gasteiger charge is -2.09. The average Bonchev–Trinajstić information content (AvgIpc) is 3.11. The van der Waals surface area contributed by atoms with Crippen LogP contribution in [0.3, 0.4) is 0 Å². The number of anilines is 1. The van der Waals surface area contributed by atoms with Crippen molar-refractivity contribution >= 4 is 44.0 Å². The number of aliphatic imine (C=N–C) groups is 1. The fraction of sp³-hybridized carbons (Fsp3) is 0.0833.